The molecule has 6 aromatic carbocycles. The van der Waals surface area contributed by atoms with E-state index in [1.165, 1.54) is 75.1 Å². The monoisotopic (exact) mass is 1050 g/mol. The first-order valence-corrected chi connectivity index (χ1v) is 23.1. The Balaban J connectivity index is 0.000000200. The van der Waals surface area contributed by atoms with Gasteiger partial charge in [0.25, 0.3) is 5.91 Å². The molecule has 9 rings (SSSR count). The number of fused-ring (bicyclic) bond motifs is 2. The van der Waals surface area contributed by atoms with Crippen molar-refractivity contribution in [2.24, 2.45) is 0 Å². The van der Waals surface area contributed by atoms with Crippen LogP contribution in [-0.4, -0.2) is 81.8 Å². The summed E-state index contributed by atoms with van der Waals surface area (Å²) in [6, 6.07) is 24.9. The summed E-state index contributed by atoms with van der Waals surface area (Å²) < 4.78 is 130. The highest BCUT2D eigenvalue weighted by Gasteiger charge is 2.28. The number of carboxylic acid groups (broad SMARTS) is 1. The molecule has 392 valence electrons. The number of methoxy groups -OCH3 is 2. The molecule has 0 saturated heterocycles. The van der Waals surface area contributed by atoms with Crippen LogP contribution in [0.15, 0.2) is 110 Å². The minimum Gasteiger partial charge on any atom is -0.490 e. The van der Waals surface area contributed by atoms with Gasteiger partial charge in [-0.05, 0) is 98.5 Å². The summed E-state index contributed by atoms with van der Waals surface area (Å²) in [6.45, 7) is 2.72. The zero-order valence-electron chi connectivity index (χ0n) is 40.4. The second-order valence-electron chi connectivity index (χ2n) is 17.3. The maximum absolute atomic E-state index is 14.2. The number of nitrogens with zero attached hydrogens (tertiary/aromatic N) is 4. The number of rotatable bonds is 17. The fraction of sp³-hybridized carbons (Fsp3) is 0.245. The number of amides is 1. The molecular weight excluding hydrogens is 999 g/mol. The lowest BCUT2D eigenvalue weighted by Gasteiger charge is -2.15. The molecule has 0 radical (unpaired) electrons. The first-order valence-electron chi connectivity index (χ1n) is 23.1. The van der Waals surface area contributed by atoms with Crippen molar-refractivity contribution in [3.05, 3.63) is 144 Å². The van der Waals surface area contributed by atoms with Crippen molar-refractivity contribution in [1.29, 1.82) is 0 Å². The minimum absolute atomic E-state index is 0.0748. The highest BCUT2D eigenvalue weighted by atomic mass is 19.4. The molecule has 1 fully saturated rings. The van der Waals surface area contributed by atoms with Gasteiger partial charge in [0.1, 0.15) is 35.2 Å². The van der Waals surface area contributed by atoms with Crippen LogP contribution in [0, 0.1) is 25.5 Å². The number of nitrogens with one attached hydrogen (secondary N) is 3. The number of alkyl halides is 6. The van der Waals surface area contributed by atoms with Crippen LogP contribution in [0.5, 0.6) is 34.5 Å². The molecule has 0 unspecified atom stereocenters. The van der Waals surface area contributed by atoms with Gasteiger partial charge in [-0.2, -0.15) is 26.3 Å². The van der Waals surface area contributed by atoms with Crippen molar-refractivity contribution in [2.75, 3.05) is 37.9 Å². The number of aryl methyl sites for hydroxylation is 2. The van der Waals surface area contributed by atoms with Gasteiger partial charge in [0.05, 0.1) is 55.0 Å². The molecule has 2 heterocycles. The summed E-state index contributed by atoms with van der Waals surface area (Å²) in [5, 5.41) is 17.8. The van der Waals surface area contributed by atoms with Crippen molar-refractivity contribution in [1.82, 2.24) is 24.4 Å². The van der Waals surface area contributed by atoms with Crippen molar-refractivity contribution in [2.45, 2.75) is 57.9 Å². The minimum atomic E-state index is -4.35. The fourth-order valence-corrected chi connectivity index (χ4v) is 8.03. The molecule has 75 heavy (non-hydrogen) atoms. The summed E-state index contributed by atoms with van der Waals surface area (Å²) in [4.78, 5) is 32.7. The standard InChI is InChI=1S/C28H26F4N4O3.C25H21F4N3O4/c1-16-12-18(8-9-20(16)27(37)35-17-6-7-17)36-15-34-25-22(33-11-10-28(30,31)32)13-19(14-23(25)36)39-24-5-3-4-21(29)26(24)38-2;1-14-10-15(6-7-17(14)24(33)34)32-13-31-22-19(30-9-8-25(27,28)29)11-16(12-20(22)32)36-21-5-3-4-18(26)23(21)35-2/h3-5,8-9,12-15,17,33H,6-7,10-11H2,1-2H3,(H,35,37);3-7,10-13,30H,8-9H2,1-2H3,(H,33,34). The molecule has 22 heteroatoms. The van der Waals surface area contributed by atoms with E-state index in [-0.39, 0.29) is 64.2 Å². The van der Waals surface area contributed by atoms with Crippen LogP contribution in [0.2, 0.25) is 0 Å². The summed E-state index contributed by atoms with van der Waals surface area (Å²) in [5.41, 5.74) is 5.65. The highest BCUT2D eigenvalue weighted by Crippen LogP contribution is 2.40. The Bertz CT molecular complexity index is 3410. The smallest absolute Gasteiger partial charge is 0.390 e. The normalized spacial score (nSPS) is 12.5. The van der Waals surface area contributed by atoms with Gasteiger partial charge < -0.3 is 40.0 Å². The van der Waals surface area contributed by atoms with Gasteiger partial charge in [0.2, 0.25) is 0 Å². The molecular formula is C53H47F8N7O7. The van der Waals surface area contributed by atoms with Crippen LogP contribution in [0.25, 0.3) is 33.4 Å². The van der Waals surface area contributed by atoms with E-state index in [1.807, 2.05) is 13.0 Å². The third-order valence-corrected chi connectivity index (χ3v) is 11.8. The van der Waals surface area contributed by atoms with Crippen molar-refractivity contribution in [3.63, 3.8) is 0 Å². The van der Waals surface area contributed by atoms with Crippen LogP contribution >= 0.6 is 0 Å². The molecule has 14 nitrogen and oxygen atoms in total. The number of hydrogen-bond donors (Lipinski definition) is 4. The lowest BCUT2D eigenvalue weighted by Crippen LogP contribution is -2.26. The van der Waals surface area contributed by atoms with Crippen molar-refractivity contribution < 1.29 is 68.8 Å². The Morgan fingerprint density at radius 3 is 1.47 bits per heavy atom. The summed E-state index contributed by atoms with van der Waals surface area (Å²) in [6.07, 6.45) is -5.80. The molecule has 4 N–H and O–H groups in total. The number of aromatic nitrogens is 4. The Morgan fingerprint density at radius 1 is 0.640 bits per heavy atom. The number of carbonyl (C=O) groups excluding carboxylic acids is 1. The van der Waals surface area contributed by atoms with Gasteiger partial charge in [-0.1, -0.05) is 12.1 Å². The van der Waals surface area contributed by atoms with Gasteiger partial charge in [0.15, 0.2) is 34.6 Å². The lowest BCUT2D eigenvalue weighted by atomic mass is 10.1. The number of hydrogen-bond acceptors (Lipinski definition) is 10. The van der Waals surface area contributed by atoms with Gasteiger partial charge in [-0.15, -0.1) is 0 Å². The Morgan fingerprint density at radius 2 is 1.08 bits per heavy atom. The zero-order chi connectivity index (χ0) is 53.8. The number of imidazole rings is 2. The molecule has 0 aliphatic heterocycles. The number of ether oxygens (including phenoxy) is 4. The zero-order valence-corrected chi connectivity index (χ0v) is 40.4. The number of anilines is 2. The molecule has 1 saturated carbocycles. The number of carboxylic acids is 1. The predicted octanol–water partition coefficient (Wildman–Crippen LogP) is 12.9. The lowest BCUT2D eigenvalue weighted by molar-refractivity contribution is -0.132. The molecule has 0 bridgehead atoms. The van der Waals surface area contributed by atoms with Crippen LogP contribution in [-0.2, 0) is 0 Å². The van der Waals surface area contributed by atoms with E-state index < -0.39 is 49.3 Å². The number of aromatic carboxylic acids is 1. The molecule has 1 aliphatic carbocycles. The van der Waals surface area contributed by atoms with Gasteiger partial charge >= 0.3 is 18.3 Å². The molecule has 0 atom stereocenters. The van der Waals surface area contributed by atoms with Crippen LogP contribution in [0.4, 0.5) is 46.5 Å². The number of carbonyl (C=O) groups is 2. The first kappa shape index (κ1) is 52.8. The van der Waals surface area contributed by atoms with Crippen molar-refractivity contribution in [3.8, 4) is 45.9 Å². The molecule has 2 aromatic heterocycles. The van der Waals surface area contributed by atoms with Crippen molar-refractivity contribution >= 4 is 45.3 Å². The van der Waals surface area contributed by atoms with E-state index in [1.54, 1.807) is 58.8 Å². The SMILES string of the molecule is COc1c(F)cccc1Oc1cc(NCCC(F)(F)F)c2ncn(-c3ccc(C(=O)NC4CC4)c(C)c3)c2c1.COc1c(F)cccc1Oc1cc(NCCC(F)(F)F)c2ncn(-c3ccc(C(=O)O)c(C)c3)c2c1. The van der Waals surface area contributed by atoms with E-state index in [9.17, 15) is 49.8 Å². The number of benzene rings is 6. The number of halogens is 8. The van der Waals surface area contributed by atoms with E-state index in [0.717, 1.165) is 18.4 Å². The Hall–Kier alpha value is -8.56. The average molecular weight is 1050 g/mol. The van der Waals surface area contributed by atoms with Crippen LogP contribution in [0.3, 0.4) is 0 Å². The second-order valence-corrected chi connectivity index (χ2v) is 17.3. The summed E-state index contributed by atoms with van der Waals surface area (Å²) in [7, 11) is 2.60. The quantitative estimate of drug-likeness (QED) is 0.0642. The van der Waals surface area contributed by atoms with E-state index in [4.69, 9.17) is 18.9 Å². The topological polar surface area (TPSA) is 163 Å². The Labute approximate surface area is 422 Å². The maximum Gasteiger partial charge on any atom is 0.390 e. The molecule has 0 spiro atoms. The summed E-state index contributed by atoms with van der Waals surface area (Å²) in [5.74, 6) is -2.08. The Kier molecular flexibility index (Phi) is 15.4. The molecule has 8 aromatic rings. The van der Waals surface area contributed by atoms with Crippen LogP contribution < -0.4 is 34.9 Å². The van der Waals surface area contributed by atoms with E-state index in [0.29, 0.717) is 50.3 Å². The van der Waals surface area contributed by atoms with Gasteiger partial charge in [-0.25, -0.2) is 23.5 Å². The fourth-order valence-electron chi connectivity index (χ4n) is 8.03. The third-order valence-electron chi connectivity index (χ3n) is 11.8. The summed E-state index contributed by atoms with van der Waals surface area (Å²) >= 11 is 0. The van der Waals surface area contributed by atoms with Crippen LogP contribution in [0.1, 0.15) is 57.5 Å². The van der Waals surface area contributed by atoms with E-state index >= 15 is 0 Å². The predicted molar refractivity (Wildman–Crippen MR) is 263 cm³/mol. The molecule has 1 amide bonds. The first-order chi connectivity index (χ1) is 35.7. The van der Waals surface area contributed by atoms with Gasteiger partial charge in [-0.3, -0.25) is 13.9 Å². The molecule has 1 aliphatic rings. The van der Waals surface area contributed by atoms with E-state index in [2.05, 4.69) is 25.9 Å². The largest absolute Gasteiger partial charge is 0.490 e. The average Bonchev–Trinajstić information content (AvgIpc) is 3.88. The maximum atomic E-state index is 14.2. The highest BCUT2D eigenvalue weighted by molar-refractivity contribution is 5.97. The van der Waals surface area contributed by atoms with Gasteiger partial charge in [0, 0.05) is 60.3 Å². The third kappa shape index (κ3) is 12.6. The second kappa shape index (κ2) is 21.9. The number of para-hydroxylation sites is 2.